The molecule has 1 aromatic rings. The van der Waals surface area contributed by atoms with Crippen molar-refractivity contribution in [2.75, 3.05) is 24.6 Å². The van der Waals surface area contributed by atoms with Crippen LogP contribution < -0.4 is 5.32 Å². The van der Waals surface area contributed by atoms with Gasteiger partial charge in [-0.1, -0.05) is 37.3 Å². The van der Waals surface area contributed by atoms with Crippen LogP contribution in [0.25, 0.3) is 0 Å². The van der Waals surface area contributed by atoms with Crippen LogP contribution in [0.5, 0.6) is 0 Å². The molecule has 0 amide bonds. The number of nitrogens with one attached hydrogen (secondary N) is 1. The first-order chi connectivity index (χ1) is 10.2. The average Bonchev–Trinajstić information content (AvgIpc) is 2.50. The van der Waals surface area contributed by atoms with Gasteiger partial charge < -0.3 is 5.32 Å². The minimum atomic E-state index is 0.588. The van der Waals surface area contributed by atoms with E-state index in [9.17, 15) is 0 Å². The quantitative estimate of drug-likeness (QED) is 0.777. The Morgan fingerprint density at radius 3 is 2.81 bits per heavy atom. The van der Waals surface area contributed by atoms with Gasteiger partial charge >= 0.3 is 0 Å². The molecule has 0 radical (unpaired) electrons. The normalized spacial score (nSPS) is 24.9. The molecule has 118 valence electrons. The van der Waals surface area contributed by atoms with Gasteiger partial charge in [0.05, 0.1) is 0 Å². The van der Waals surface area contributed by atoms with Gasteiger partial charge in [0, 0.05) is 31.2 Å². The molecule has 1 aliphatic rings. The van der Waals surface area contributed by atoms with Gasteiger partial charge in [0.15, 0.2) is 0 Å². The van der Waals surface area contributed by atoms with Crippen molar-refractivity contribution in [1.29, 1.82) is 0 Å². The molecule has 1 heterocycles. The van der Waals surface area contributed by atoms with Crippen molar-refractivity contribution >= 4 is 11.8 Å². The van der Waals surface area contributed by atoms with Crippen molar-refractivity contribution in [2.24, 2.45) is 0 Å². The van der Waals surface area contributed by atoms with Crippen molar-refractivity contribution < 1.29 is 0 Å². The van der Waals surface area contributed by atoms with E-state index in [1.807, 2.05) is 0 Å². The molecule has 0 aromatic heterocycles. The second-order valence-electron chi connectivity index (χ2n) is 6.18. The lowest BCUT2D eigenvalue weighted by molar-refractivity contribution is 0.0971. The zero-order valence-electron chi connectivity index (χ0n) is 13.7. The molecule has 0 spiro atoms. The predicted molar refractivity (Wildman–Crippen MR) is 95.2 cm³/mol. The first kappa shape index (κ1) is 16.9. The van der Waals surface area contributed by atoms with Gasteiger partial charge in [-0.2, -0.15) is 11.8 Å². The lowest BCUT2D eigenvalue weighted by atomic mass is 10.00. The fourth-order valence-corrected chi connectivity index (χ4v) is 3.96. The number of thioether (sulfide) groups is 1. The zero-order chi connectivity index (χ0) is 15.1. The highest BCUT2D eigenvalue weighted by Crippen LogP contribution is 2.17. The molecule has 1 fully saturated rings. The Bertz CT molecular complexity index is 395. The third-order valence-electron chi connectivity index (χ3n) is 4.47. The van der Waals surface area contributed by atoms with E-state index in [0.717, 1.165) is 13.0 Å². The van der Waals surface area contributed by atoms with E-state index in [4.69, 9.17) is 0 Å². The first-order valence-electron chi connectivity index (χ1n) is 8.31. The summed E-state index contributed by atoms with van der Waals surface area (Å²) in [6.45, 7) is 9.29. The van der Waals surface area contributed by atoms with Crippen molar-refractivity contribution in [3.05, 3.63) is 35.9 Å². The summed E-state index contributed by atoms with van der Waals surface area (Å²) in [6.07, 6.45) is 2.45. The second-order valence-corrected chi connectivity index (χ2v) is 7.57. The molecule has 1 aliphatic heterocycles. The van der Waals surface area contributed by atoms with E-state index < -0.39 is 0 Å². The van der Waals surface area contributed by atoms with Crippen molar-refractivity contribution in [2.45, 2.75) is 51.7 Å². The van der Waals surface area contributed by atoms with Gasteiger partial charge in [0.2, 0.25) is 0 Å². The topological polar surface area (TPSA) is 15.3 Å². The van der Waals surface area contributed by atoms with Crippen molar-refractivity contribution in [3.63, 3.8) is 0 Å². The Hall–Kier alpha value is -0.510. The van der Waals surface area contributed by atoms with Crippen molar-refractivity contribution in [3.8, 4) is 0 Å². The SMILES string of the molecule is CCSCCC(C)N1CC(Cc2ccccc2)NCC1C. The van der Waals surface area contributed by atoms with Crippen LogP contribution in [0.2, 0.25) is 0 Å². The van der Waals surface area contributed by atoms with Crippen LogP contribution in [0.3, 0.4) is 0 Å². The summed E-state index contributed by atoms with van der Waals surface area (Å²) < 4.78 is 0. The van der Waals surface area contributed by atoms with Crippen LogP contribution in [0.15, 0.2) is 30.3 Å². The summed E-state index contributed by atoms with van der Waals surface area (Å²) in [7, 11) is 0. The Kier molecular flexibility index (Phi) is 7.08. The van der Waals surface area contributed by atoms with E-state index >= 15 is 0 Å². The molecule has 1 aromatic carbocycles. The summed E-state index contributed by atoms with van der Waals surface area (Å²) in [5, 5.41) is 3.72. The van der Waals surface area contributed by atoms with Crippen LogP contribution in [0.1, 0.15) is 32.8 Å². The number of piperazine rings is 1. The third kappa shape index (κ3) is 5.32. The summed E-state index contributed by atoms with van der Waals surface area (Å²) in [5.41, 5.74) is 1.44. The van der Waals surface area contributed by atoms with Crippen LogP contribution in [0.4, 0.5) is 0 Å². The molecule has 0 saturated carbocycles. The van der Waals surface area contributed by atoms with E-state index in [0.29, 0.717) is 18.1 Å². The first-order valence-corrected chi connectivity index (χ1v) is 9.47. The summed E-state index contributed by atoms with van der Waals surface area (Å²) >= 11 is 2.06. The minimum Gasteiger partial charge on any atom is -0.311 e. The molecule has 2 rings (SSSR count). The number of benzene rings is 1. The average molecular weight is 307 g/mol. The van der Waals surface area contributed by atoms with Crippen LogP contribution >= 0.6 is 11.8 Å². The van der Waals surface area contributed by atoms with E-state index in [1.54, 1.807) is 0 Å². The van der Waals surface area contributed by atoms with Gasteiger partial charge in [-0.05, 0) is 43.8 Å². The fraction of sp³-hybridized carbons (Fsp3) is 0.667. The van der Waals surface area contributed by atoms with E-state index in [2.05, 4.69) is 73.1 Å². The number of nitrogens with zero attached hydrogens (tertiary/aromatic N) is 1. The Morgan fingerprint density at radius 2 is 2.10 bits per heavy atom. The Morgan fingerprint density at radius 1 is 1.33 bits per heavy atom. The smallest absolute Gasteiger partial charge is 0.0236 e. The molecule has 21 heavy (non-hydrogen) atoms. The van der Waals surface area contributed by atoms with Crippen molar-refractivity contribution in [1.82, 2.24) is 10.2 Å². The predicted octanol–water partition coefficient (Wildman–Crippen LogP) is 3.42. The monoisotopic (exact) mass is 306 g/mol. The van der Waals surface area contributed by atoms with Gasteiger partial charge in [0.1, 0.15) is 0 Å². The summed E-state index contributed by atoms with van der Waals surface area (Å²) in [6, 6.07) is 12.8. The molecule has 1 N–H and O–H groups in total. The third-order valence-corrected chi connectivity index (χ3v) is 5.41. The maximum absolute atomic E-state index is 3.72. The molecular weight excluding hydrogens is 276 g/mol. The molecule has 0 bridgehead atoms. The van der Waals surface area contributed by atoms with Gasteiger partial charge in [0.25, 0.3) is 0 Å². The highest BCUT2D eigenvalue weighted by Gasteiger charge is 2.28. The van der Waals surface area contributed by atoms with Gasteiger partial charge in [-0.15, -0.1) is 0 Å². The van der Waals surface area contributed by atoms with Crippen LogP contribution in [-0.2, 0) is 6.42 Å². The zero-order valence-corrected chi connectivity index (χ0v) is 14.5. The number of hydrogen-bond acceptors (Lipinski definition) is 3. The highest BCUT2D eigenvalue weighted by atomic mass is 32.2. The minimum absolute atomic E-state index is 0.588. The summed E-state index contributed by atoms with van der Waals surface area (Å²) in [5.74, 6) is 2.53. The maximum atomic E-state index is 3.72. The van der Waals surface area contributed by atoms with Crippen LogP contribution in [-0.4, -0.2) is 47.6 Å². The second kappa shape index (κ2) is 8.82. The van der Waals surface area contributed by atoms with E-state index in [-0.39, 0.29) is 0 Å². The largest absolute Gasteiger partial charge is 0.311 e. The lowest BCUT2D eigenvalue weighted by Crippen LogP contribution is -2.58. The molecule has 3 heteroatoms. The standard InChI is InChI=1S/C18H30N2S/c1-4-21-11-10-15(2)20-14-18(19-13-16(20)3)12-17-8-6-5-7-9-17/h5-9,15-16,18-19H,4,10-14H2,1-3H3. The molecule has 0 aliphatic carbocycles. The van der Waals surface area contributed by atoms with Gasteiger partial charge in [-0.25, -0.2) is 0 Å². The molecule has 3 unspecified atom stereocenters. The van der Waals surface area contributed by atoms with E-state index in [1.165, 1.54) is 30.0 Å². The summed E-state index contributed by atoms with van der Waals surface area (Å²) in [4.78, 5) is 2.71. The van der Waals surface area contributed by atoms with Gasteiger partial charge in [-0.3, -0.25) is 4.90 Å². The number of rotatable bonds is 7. The molecule has 3 atom stereocenters. The molecule has 2 nitrogen and oxygen atoms in total. The maximum Gasteiger partial charge on any atom is 0.0236 e. The Balaban J connectivity index is 1.86. The van der Waals surface area contributed by atoms with Crippen LogP contribution in [0, 0.1) is 0 Å². The Labute approximate surface area is 134 Å². The fourth-order valence-electron chi connectivity index (χ4n) is 3.17. The molecule has 1 saturated heterocycles. The lowest BCUT2D eigenvalue weighted by Gasteiger charge is -2.42. The molecular formula is C18H30N2S. The number of hydrogen-bond donors (Lipinski definition) is 1. The highest BCUT2D eigenvalue weighted by molar-refractivity contribution is 7.99.